The summed E-state index contributed by atoms with van der Waals surface area (Å²) in [4.78, 5) is 6.54. The Hall–Kier alpha value is -2.12. The van der Waals surface area contributed by atoms with Gasteiger partial charge in [-0.1, -0.05) is 12.1 Å². The molecule has 128 valence electrons. The first-order valence-corrected chi connectivity index (χ1v) is 8.08. The fourth-order valence-electron chi connectivity index (χ4n) is 2.75. The van der Waals surface area contributed by atoms with E-state index in [1.807, 2.05) is 0 Å². The number of hydrogen-bond acceptors (Lipinski definition) is 6. The number of methoxy groups -OCH3 is 1. The Balaban J connectivity index is 1.64. The summed E-state index contributed by atoms with van der Waals surface area (Å²) in [5.41, 5.74) is 0.933. The first kappa shape index (κ1) is 16.7. The van der Waals surface area contributed by atoms with Gasteiger partial charge in [0.25, 0.3) is 0 Å². The highest BCUT2D eigenvalue weighted by atomic mass is 19.1. The Morgan fingerprint density at radius 3 is 2.75 bits per heavy atom. The third-order valence-corrected chi connectivity index (χ3v) is 4.06. The maximum atomic E-state index is 13.9. The molecule has 0 aliphatic carbocycles. The van der Waals surface area contributed by atoms with Crippen LogP contribution in [-0.2, 0) is 9.47 Å². The summed E-state index contributed by atoms with van der Waals surface area (Å²) in [6.07, 6.45) is 3.52. The van der Waals surface area contributed by atoms with E-state index in [0.717, 1.165) is 25.9 Å². The third kappa shape index (κ3) is 4.04. The SMILES string of the molecule is COCCOC1CCN(c2nncc(-c3ccccc3F)n2)CC1. The van der Waals surface area contributed by atoms with Crippen molar-refractivity contribution in [3.8, 4) is 11.3 Å². The minimum Gasteiger partial charge on any atom is -0.382 e. The fourth-order valence-corrected chi connectivity index (χ4v) is 2.75. The lowest BCUT2D eigenvalue weighted by Gasteiger charge is -2.31. The molecule has 7 heteroatoms. The molecule has 2 aromatic rings. The zero-order chi connectivity index (χ0) is 16.8. The van der Waals surface area contributed by atoms with Crippen molar-refractivity contribution in [2.24, 2.45) is 0 Å². The number of nitrogens with zero attached hydrogens (tertiary/aromatic N) is 4. The summed E-state index contributed by atoms with van der Waals surface area (Å²) in [7, 11) is 1.67. The Morgan fingerprint density at radius 1 is 1.21 bits per heavy atom. The lowest BCUT2D eigenvalue weighted by molar-refractivity contribution is 0.00597. The average molecular weight is 332 g/mol. The number of hydrogen-bond donors (Lipinski definition) is 0. The molecule has 0 radical (unpaired) electrons. The number of ether oxygens (including phenoxy) is 2. The molecule has 2 heterocycles. The molecule has 0 unspecified atom stereocenters. The van der Waals surface area contributed by atoms with E-state index in [0.29, 0.717) is 30.4 Å². The molecule has 1 aliphatic rings. The second-order valence-electron chi connectivity index (χ2n) is 5.67. The summed E-state index contributed by atoms with van der Waals surface area (Å²) in [5, 5.41) is 8.09. The van der Waals surface area contributed by atoms with Gasteiger partial charge in [0.15, 0.2) is 0 Å². The van der Waals surface area contributed by atoms with Gasteiger partial charge in [0.05, 0.1) is 31.2 Å². The van der Waals surface area contributed by atoms with Crippen molar-refractivity contribution in [2.75, 3.05) is 38.3 Å². The van der Waals surface area contributed by atoms with Crippen LogP contribution < -0.4 is 4.90 Å². The Bertz CT molecular complexity index is 663. The van der Waals surface area contributed by atoms with E-state index in [-0.39, 0.29) is 11.9 Å². The van der Waals surface area contributed by atoms with Crippen molar-refractivity contribution < 1.29 is 13.9 Å². The maximum Gasteiger partial charge on any atom is 0.245 e. The Labute approximate surface area is 140 Å². The van der Waals surface area contributed by atoms with Crippen LogP contribution in [0.3, 0.4) is 0 Å². The number of rotatable bonds is 6. The first-order valence-electron chi connectivity index (χ1n) is 8.08. The minimum atomic E-state index is -0.311. The lowest BCUT2D eigenvalue weighted by Crippen LogP contribution is -2.38. The second-order valence-corrected chi connectivity index (χ2v) is 5.67. The summed E-state index contributed by atoms with van der Waals surface area (Å²) in [6.45, 7) is 2.81. The van der Waals surface area contributed by atoms with E-state index in [1.165, 1.54) is 12.3 Å². The maximum absolute atomic E-state index is 13.9. The van der Waals surface area contributed by atoms with Crippen molar-refractivity contribution >= 4 is 5.95 Å². The third-order valence-electron chi connectivity index (χ3n) is 4.06. The van der Waals surface area contributed by atoms with Crippen molar-refractivity contribution in [1.82, 2.24) is 15.2 Å². The van der Waals surface area contributed by atoms with Crippen LogP contribution in [0.1, 0.15) is 12.8 Å². The Kier molecular flexibility index (Phi) is 5.66. The van der Waals surface area contributed by atoms with Gasteiger partial charge in [0.1, 0.15) is 5.82 Å². The molecule has 0 N–H and O–H groups in total. The second kappa shape index (κ2) is 8.12. The van der Waals surface area contributed by atoms with Crippen LogP contribution in [0, 0.1) is 5.82 Å². The highest BCUT2D eigenvalue weighted by Gasteiger charge is 2.22. The van der Waals surface area contributed by atoms with Gasteiger partial charge in [-0.3, -0.25) is 0 Å². The van der Waals surface area contributed by atoms with Crippen LogP contribution in [0.2, 0.25) is 0 Å². The topological polar surface area (TPSA) is 60.4 Å². The summed E-state index contributed by atoms with van der Waals surface area (Å²) >= 11 is 0. The van der Waals surface area contributed by atoms with E-state index >= 15 is 0 Å². The monoisotopic (exact) mass is 332 g/mol. The average Bonchev–Trinajstić information content (AvgIpc) is 2.63. The van der Waals surface area contributed by atoms with Crippen molar-refractivity contribution in [3.63, 3.8) is 0 Å². The molecule has 1 fully saturated rings. The molecule has 6 nitrogen and oxygen atoms in total. The molecule has 3 rings (SSSR count). The molecule has 1 aromatic carbocycles. The first-order chi connectivity index (χ1) is 11.8. The quantitative estimate of drug-likeness (QED) is 0.757. The molecule has 0 bridgehead atoms. The van der Waals surface area contributed by atoms with Gasteiger partial charge in [0.2, 0.25) is 5.95 Å². The van der Waals surface area contributed by atoms with Gasteiger partial charge < -0.3 is 14.4 Å². The molecule has 0 spiro atoms. The van der Waals surface area contributed by atoms with E-state index in [2.05, 4.69) is 20.1 Å². The van der Waals surface area contributed by atoms with Crippen molar-refractivity contribution in [2.45, 2.75) is 18.9 Å². The van der Waals surface area contributed by atoms with E-state index < -0.39 is 0 Å². The van der Waals surface area contributed by atoms with Gasteiger partial charge in [-0.15, -0.1) is 5.10 Å². The van der Waals surface area contributed by atoms with Gasteiger partial charge >= 0.3 is 0 Å². The van der Waals surface area contributed by atoms with Gasteiger partial charge in [-0.2, -0.15) is 5.10 Å². The summed E-state index contributed by atoms with van der Waals surface area (Å²) in [6, 6.07) is 6.55. The van der Waals surface area contributed by atoms with E-state index in [4.69, 9.17) is 9.47 Å². The number of anilines is 1. The minimum absolute atomic E-state index is 0.235. The van der Waals surface area contributed by atoms with Crippen LogP contribution in [0.25, 0.3) is 11.3 Å². The van der Waals surface area contributed by atoms with Gasteiger partial charge in [-0.05, 0) is 25.0 Å². The van der Waals surface area contributed by atoms with Crippen LogP contribution in [0.5, 0.6) is 0 Å². The van der Waals surface area contributed by atoms with Crippen LogP contribution in [-0.4, -0.2) is 54.7 Å². The number of halogens is 1. The van der Waals surface area contributed by atoms with Gasteiger partial charge in [-0.25, -0.2) is 9.37 Å². The molecule has 24 heavy (non-hydrogen) atoms. The van der Waals surface area contributed by atoms with Gasteiger partial charge in [0, 0.05) is 25.8 Å². The number of piperidine rings is 1. The molecular weight excluding hydrogens is 311 g/mol. The normalized spacial score (nSPS) is 15.7. The Morgan fingerprint density at radius 2 is 2.00 bits per heavy atom. The number of aromatic nitrogens is 3. The van der Waals surface area contributed by atoms with E-state index in [1.54, 1.807) is 25.3 Å². The molecule has 1 saturated heterocycles. The van der Waals surface area contributed by atoms with Crippen molar-refractivity contribution in [1.29, 1.82) is 0 Å². The van der Waals surface area contributed by atoms with Crippen LogP contribution in [0.15, 0.2) is 30.5 Å². The summed E-state index contributed by atoms with van der Waals surface area (Å²) < 4.78 is 24.7. The van der Waals surface area contributed by atoms with Crippen molar-refractivity contribution in [3.05, 3.63) is 36.3 Å². The molecular formula is C17H21FN4O2. The van der Waals surface area contributed by atoms with Crippen LogP contribution in [0.4, 0.5) is 10.3 Å². The smallest absolute Gasteiger partial charge is 0.245 e. The predicted molar refractivity (Wildman–Crippen MR) is 88.3 cm³/mol. The molecule has 0 saturated carbocycles. The molecule has 1 aliphatic heterocycles. The number of benzene rings is 1. The van der Waals surface area contributed by atoms with E-state index in [9.17, 15) is 4.39 Å². The highest BCUT2D eigenvalue weighted by Crippen LogP contribution is 2.23. The molecule has 1 aromatic heterocycles. The standard InChI is InChI=1S/C17H21FN4O2/c1-23-10-11-24-13-6-8-22(9-7-13)17-20-16(12-19-21-17)14-4-2-3-5-15(14)18/h2-5,12-13H,6-11H2,1H3. The lowest BCUT2D eigenvalue weighted by atomic mass is 10.1. The highest BCUT2D eigenvalue weighted by molar-refractivity contribution is 5.59. The zero-order valence-corrected chi connectivity index (χ0v) is 13.7. The van der Waals surface area contributed by atoms with Crippen LogP contribution >= 0.6 is 0 Å². The predicted octanol–water partition coefficient (Wildman–Crippen LogP) is 2.31. The molecule has 0 atom stereocenters. The fraction of sp³-hybridized carbons (Fsp3) is 0.471. The largest absolute Gasteiger partial charge is 0.382 e. The molecule has 0 amide bonds. The zero-order valence-electron chi connectivity index (χ0n) is 13.7. The summed E-state index contributed by atoms with van der Waals surface area (Å²) in [5.74, 6) is 0.222.